The van der Waals surface area contributed by atoms with Gasteiger partial charge < -0.3 is 5.73 Å². The van der Waals surface area contributed by atoms with Gasteiger partial charge in [-0.25, -0.2) is 0 Å². The van der Waals surface area contributed by atoms with Crippen molar-refractivity contribution < 1.29 is 0 Å². The van der Waals surface area contributed by atoms with Crippen LogP contribution < -0.4 is 5.73 Å². The first-order chi connectivity index (χ1) is 6.15. The molecule has 0 radical (unpaired) electrons. The van der Waals surface area contributed by atoms with Crippen molar-refractivity contribution in [2.75, 3.05) is 0 Å². The smallest absolute Gasteiger partial charge is 0.107 e. The third-order valence-electron chi connectivity index (χ3n) is 2.66. The van der Waals surface area contributed by atoms with Gasteiger partial charge in [0.1, 0.15) is 5.70 Å². The fraction of sp³-hybridized carbons (Fsp3) is 0.600. The lowest BCUT2D eigenvalue weighted by Crippen LogP contribution is -2.38. The van der Waals surface area contributed by atoms with Gasteiger partial charge in [-0.15, -0.1) is 4.91 Å². The molecule has 0 aliphatic heterocycles. The van der Waals surface area contributed by atoms with Crippen molar-refractivity contribution in [1.82, 2.24) is 0 Å². The molecule has 3 heteroatoms. The van der Waals surface area contributed by atoms with Crippen molar-refractivity contribution in [2.24, 2.45) is 10.9 Å². The minimum Gasteiger partial charge on any atom is -0.322 e. The molecule has 72 valence electrons. The molecule has 1 aliphatic rings. The number of hydrogen-bond donors (Lipinski definition) is 1. The summed E-state index contributed by atoms with van der Waals surface area (Å²) >= 11 is 0. The second-order valence-corrected chi connectivity index (χ2v) is 3.53. The van der Waals surface area contributed by atoms with Gasteiger partial charge in [0.15, 0.2) is 0 Å². The van der Waals surface area contributed by atoms with Crippen molar-refractivity contribution >= 4 is 0 Å². The van der Waals surface area contributed by atoms with Crippen LogP contribution in [-0.2, 0) is 0 Å². The Bertz CT molecular complexity index is 268. The van der Waals surface area contributed by atoms with Gasteiger partial charge in [0.25, 0.3) is 0 Å². The van der Waals surface area contributed by atoms with Gasteiger partial charge in [-0.05, 0) is 36.1 Å². The SMILES string of the molecule is CCC1=C(N=O)C=CC(N)(CC)C1. The third kappa shape index (κ3) is 2.04. The Labute approximate surface area is 78.7 Å². The number of nitroso groups, excluding NO2 is 1. The standard InChI is InChI=1S/C10H16N2O/c1-3-8-7-10(11,4-2)6-5-9(8)12-13/h5-6H,3-4,7,11H2,1-2H3. The molecule has 1 atom stereocenters. The molecule has 0 spiro atoms. The van der Waals surface area contributed by atoms with E-state index < -0.39 is 0 Å². The molecule has 1 unspecified atom stereocenters. The zero-order valence-corrected chi connectivity index (χ0v) is 8.21. The predicted octanol–water partition coefficient (Wildman–Crippen LogP) is 2.48. The van der Waals surface area contributed by atoms with Crippen molar-refractivity contribution in [3.05, 3.63) is 28.3 Å². The molecule has 0 aromatic heterocycles. The lowest BCUT2D eigenvalue weighted by Gasteiger charge is -2.28. The Kier molecular flexibility index (Phi) is 2.98. The van der Waals surface area contributed by atoms with E-state index in [2.05, 4.69) is 12.1 Å². The molecule has 1 aliphatic carbocycles. The van der Waals surface area contributed by atoms with Crippen LogP contribution >= 0.6 is 0 Å². The monoisotopic (exact) mass is 180 g/mol. The highest BCUT2D eigenvalue weighted by atomic mass is 16.3. The molecule has 0 aromatic carbocycles. The van der Waals surface area contributed by atoms with E-state index in [9.17, 15) is 4.91 Å². The number of hydrogen-bond acceptors (Lipinski definition) is 3. The van der Waals surface area contributed by atoms with Gasteiger partial charge in [-0.1, -0.05) is 19.9 Å². The van der Waals surface area contributed by atoms with Crippen LogP contribution in [0.4, 0.5) is 0 Å². The molecule has 0 saturated carbocycles. The summed E-state index contributed by atoms with van der Waals surface area (Å²) in [5.74, 6) is 0. The molecule has 0 saturated heterocycles. The van der Waals surface area contributed by atoms with Crippen molar-refractivity contribution in [2.45, 2.75) is 38.6 Å². The zero-order chi connectivity index (χ0) is 9.90. The van der Waals surface area contributed by atoms with Crippen LogP contribution in [0.15, 0.2) is 28.6 Å². The molecule has 1 rings (SSSR count). The quantitative estimate of drug-likeness (QED) is 0.678. The first-order valence-corrected chi connectivity index (χ1v) is 4.68. The Morgan fingerprint density at radius 3 is 2.77 bits per heavy atom. The van der Waals surface area contributed by atoms with Gasteiger partial charge in [0.2, 0.25) is 0 Å². The molecule has 0 heterocycles. The summed E-state index contributed by atoms with van der Waals surface area (Å²) in [4.78, 5) is 10.4. The van der Waals surface area contributed by atoms with E-state index in [1.54, 1.807) is 6.08 Å². The normalized spacial score (nSPS) is 27.9. The molecule has 13 heavy (non-hydrogen) atoms. The molecule has 0 bridgehead atoms. The summed E-state index contributed by atoms with van der Waals surface area (Å²) in [6, 6.07) is 0. The lowest BCUT2D eigenvalue weighted by molar-refractivity contribution is 0.491. The van der Waals surface area contributed by atoms with E-state index in [4.69, 9.17) is 5.73 Å². The van der Waals surface area contributed by atoms with E-state index in [-0.39, 0.29) is 5.54 Å². The van der Waals surface area contributed by atoms with Crippen LogP contribution in [0.3, 0.4) is 0 Å². The van der Waals surface area contributed by atoms with Crippen LogP contribution in [0, 0.1) is 4.91 Å². The first-order valence-electron chi connectivity index (χ1n) is 4.68. The van der Waals surface area contributed by atoms with E-state index in [0.29, 0.717) is 5.70 Å². The fourth-order valence-electron chi connectivity index (χ4n) is 1.55. The maximum atomic E-state index is 10.4. The molecule has 0 amide bonds. The topological polar surface area (TPSA) is 55.5 Å². The Morgan fingerprint density at radius 1 is 1.62 bits per heavy atom. The summed E-state index contributed by atoms with van der Waals surface area (Å²) in [7, 11) is 0. The van der Waals surface area contributed by atoms with Gasteiger partial charge >= 0.3 is 0 Å². The van der Waals surface area contributed by atoms with Crippen LogP contribution in [0.25, 0.3) is 0 Å². The summed E-state index contributed by atoms with van der Waals surface area (Å²) in [5, 5.41) is 2.99. The molecular weight excluding hydrogens is 164 g/mol. The third-order valence-corrected chi connectivity index (χ3v) is 2.66. The summed E-state index contributed by atoms with van der Waals surface area (Å²) in [6.45, 7) is 4.08. The highest BCUT2D eigenvalue weighted by Gasteiger charge is 2.25. The number of nitrogens with two attached hydrogens (primary N) is 1. The van der Waals surface area contributed by atoms with Gasteiger partial charge in [-0.3, -0.25) is 0 Å². The number of allylic oxidation sites excluding steroid dienone is 1. The first kappa shape index (κ1) is 10.1. The molecule has 0 fully saturated rings. The van der Waals surface area contributed by atoms with E-state index in [0.717, 1.165) is 24.8 Å². The maximum Gasteiger partial charge on any atom is 0.107 e. The van der Waals surface area contributed by atoms with Crippen LogP contribution in [0.2, 0.25) is 0 Å². The van der Waals surface area contributed by atoms with E-state index >= 15 is 0 Å². The Balaban J connectivity index is 2.92. The molecule has 0 aromatic rings. The van der Waals surface area contributed by atoms with Crippen LogP contribution in [0.1, 0.15) is 33.1 Å². The van der Waals surface area contributed by atoms with Crippen LogP contribution in [0.5, 0.6) is 0 Å². The Morgan fingerprint density at radius 2 is 2.31 bits per heavy atom. The average Bonchev–Trinajstić information content (AvgIpc) is 2.18. The molecular formula is C10H16N2O. The summed E-state index contributed by atoms with van der Waals surface area (Å²) < 4.78 is 0. The number of nitrogens with zero attached hydrogens (tertiary/aromatic N) is 1. The van der Waals surface area contributed by atoms with E-state index in [1.165, 1.54) is 0 Å². The lowest BCUT2D eigenvalue weighted by atomic mass is 9.83. The molecule has 3 nitrogen and oxygen atoms in total. The predicted molar refractivity (Wildman–Crippen MR) is 54.1 cm³/mol. The van der Waals surface area contributed by atoms with Crippen molar-refractivity contribution in [3.8, 4) is 0 Å². The minimum atomic E-state index is -0.264. The van der Waals surface area contributed by atoms with Crippen LogP contribution in [-0.4, -0.2) is 5.54 Å². The molecule has 2 N–H and O–H groups in total. The van der Waals surface area contributed by atoms with Gasteiger partial charge in [0, 0.05) is 5.54 Å². The number of rotatable bonds is 3. The van der Waals surface area contributed by atoms with Gasteiger partial charge in [-0.2, -0.15) is 0 Å². The summed E-state index contributed by atoms with van der Waals surface area (Å²) in [5.41, 5.74) is 7.45. The fourth-order valence-corrected chi connectivity index (χ4v) is 1.55. The largest absolute Gasteiger partial charge is 0.322 e. The van der Waals surface area contributed by atoms with E-state index in [1.807, 2.05) is 13.0 Å². The minimum absolute atomic E-state index is 0.264. The highest BCUT2D eigenvalue weighted by molar-refractivity contribution is 5.34. The zero-order valence-electron chi connectivity index (χ0n) is 8.21. The second kappa shape index (κ2) is 3.83. The summed E-state index contributed by atoms with van der Waals surface area (Å²) in [6.07, 6.45) is 6.14. The Hall–Kier alpha value is -0.960. The van der Waals surface area contributed by atoms with Gasteiger partial charge in [0.05, 0.1) is 0 Å². The van der Waals surface area contributed by atoms with Crippen molar-refractivity contribution in [3.63, 3.8) is 0 Å². The highest BCUT2D eigenvalue weighted by Crippen LogP contribution is 2.29. The average molecular weight is 180 g/mol. The second-order valence-electron chi connectivity index (χ2n) is 3.53. The van der Waals surface area contributed by atoms with Crippen molar-refractivity contribution in [1.29, 1.82) is 0 Å². The maximum absolute atomic E-state index is 10.4.